The zero-order valence-corrected chi connectivity index (χ0v) is 19.9. The van der Waals surface area contributed by atoms with Gasteiger partial charge in [-0.3, -0.25) is 14.5 Å². The lowest BCUT2D eigenvalue weighted by Crippen LogP contribution is -2.55. The molecular weight excluding hydrogens is 434 g/mol. The second kappa shape index (κ2) is 9.02. The van der Waals surface area contributed by atoms with Gasteiger partial charge in [-0.1, -0.05) is 19.3 Å². The van der Waals surface area contributed by atoms with Gasteiger partial charge in [0.1, 0.15) is 11.6 Å². The molecule has 1 saturated carbocycles. The summed E-state index contributed by atoms with van der Waals surface area (Å²) < 4.78 is 10.8. The molecule has 3 N–H and O–H groups in total. The summed E-state index contributed by atoms with van der Waals surface area (Å²) >= 11 is 0. The fourth-order valence-electron chi connectivity index (χ4n) is 6.06. The maximum absolute atomic E-state index is 13.2. The molecule has 2 amide bonds. The predicted molar refractivity (Wildman–Crippen MR) is 127 cm³/mol. The van der Waals surface area contributed by atoms with Crippen molar-refractivity contribution in [2.75, 3.05) is 26.5 Å². The number of carbonyl (C=O) groups is 2. The van der Waals surface area contributed by atoms with Crippen LogP contribution in [0.5, 0.6) is 11.5 Å². The monoisotopic (exact) mass is 467 g/mol. The summed E-state index contributed by atoms with van der Waals surface area (Å²) in [7, 11) is 3.15. The van der Waals surface area contributed by atoms with Crippen molar-refractivity contribution < 1.29 is 19.1 Å². The minimum Gasteiger partial charge on any atom is -0.493 e. The third-order valence-corrected chi connectivity index (χ3v) is 7.80. The number of hydrogen-bond acceptors (Lipinski definition) is 8. The van der Waals surface area contributed by atoms with Crippen LogP contribution in [-0.4, -0.2) is 53.5 Å². The first-order valence-corrected chi connectivity index (χ1v) is 12.2. The highest BCUT2D eigenvalue weighted by molar-refractivity contribution is 5.99. The number of rotatable bonds is 4. The molecule has 34 heavy (non-hydrogen) atoms. The smallest absolute Gasteiger partial charge is 0.230 e. The number of aromatic nitrogens is 2. The van der Waals surface area contributed by atoms with Gasteiger partial charge in [-0.2, -0.15) is 0 Å². The van der Waals surface area contributed by atoms with E-state index in [1.54, 1.807) is 31.3 Å². The fourth-order valence-corrected chi connectivity index (χ4v) is 6.06. The highest BCUT2D eigenvalue weighted by Gasteiger charge is 2.46. The Balaban J connectivity index is 1.38. The van der Waals surface area contributed by atoms with Crippen molar-refractivity contribution in [3.8, 4) is 11.5 Å². The Morgan fingerprint density at radius 2 is 1.71 bits per heavy atom. The lowest BCUT2D eigenvalue weighted by Gasteiger charge is -2.46. The van der Waals surface area contributed by atoms with Gasteiger partial charge in [0.15, 0.2) is 11.5 Å². The Labute approximate surface area is 199 Å². The van der Waals surface area contributed by atoms with E-state index in [-0.39, 0.29) is 29.3 Å². The highest BCUT2D eigenvalue weighted by atomic mass is 16.5. The predicted octanol–water partition coefficient (Wildman–Crippen LogP) is 3.12. The first-order chi connectivity index (χ1) is 16.4. The van der Waals surface area contributed by atoms with E-state index in [0.29, 0.717) is 59.9 Å². The molecule has 3 aliphatic rings. The number of benzene rings is 1. The average Bonchev–Trinajstić information content (AvgIpc) is 2.83. The van der Waals surface area contributed by atoms with Gasteiger partial charge in [0.2, 0.25) is 11.8 Å². The highest BCUT2D eigenvalue weighted by Crippen LogP contribution is 2.46. The molecule has 2 atom stereocenters. The number of likely N-dealkylation sites (tertiary alicyclic amines) is 1. The minimum atomic E-state index is -0.204. The molecule has 182 valence electrons. The van der Waals surface area contributed by atoms with E-state index >= 15 is 0 Å². The minimum absolute atomic E-state index is 0.0143. The van der Waals surface area contributed by atoms with Crippen molar-refractivity contribution in [1.29, 1.82) is 0 Å². The Morgan fingerprint density at radius 1 is 1.03 bits per heavy atom. The number of piperidine rings is 2. The molecule has 0 radical (unpaired) electrons. The van der Waals surface area contributed by atoms with Crippen molar-refractivity contribution in [1.82, 2.24) is 20.2 Å². The number of fused-ring (bicyclic) bond motifs is 1. The van der Waals surface area contributed by atoms with Crippen molar-refractivity contribution >= 4 is 28.5 Å². The molecule has 2 saturated heterocycles. The quantitative estimate of drug-likeness (QED) is 0.658. The number of amides is 2. The molecular formula is C25H33N5O4. The van der Waals surface area contributed by atoms with Gasteiger partial charge in [-0.15, -0.1) is 0 Å². The van der Waals surface area contributed by atoms with Crippen LogP contribution in [0.15, 0.2) is 12.1 Å². The number of nitrogens with one attached hydrogen (secondary N) is 1. The third kappa shape index (κ3) is 4.06. The van der Waals surface area contributed by atoms with E-state index < -0.39 is 0 Å². The van der Waals surface area contributed by atoms with Crippen LogP contribution in [0.4, 0.5) is 5.82 Å². The topological polar surface area (TPSA) is 120 Å². The Kier molecular flexibility index (Phi) is 6.06. The number of ether oxygens (including phenoxy) is 2. The zero-order chi connectivity index (χ0) is 23.9. The van der Waals surface area contributed by atoms with Crippen LogP contribution in [0.3, 0.4) is 0 Å². The molecule has 2 unspecified atom stereocenters. The summed E-state index contributed by atoms with van der Waals surface area (Å²) in [6.45, 7) is 0.671. The standard InChI is InChI=1S/C25H33N5O4/c1-33-19-11-16-17(12-20(19)34-2)28-24(29-23(16)26)18-10-15(6-9-27-18)30-21(31)13-25(14-22(30)32)7-4-3-5-8-25/h11-12,15,18,27H,3-10,13-14H2,1-2H3,(H2,26,28,29). The van der Waals surface area contributed by atoms with Gasteiger partial charge in [0, 0.05) is 30.3 Å². The Hall–Kier alpha value is -2.94. The van der Waals surface area contributed by atoms with E-state index in [1.807, 2.05) is 0 Å². The van der Waals surface area contributed by atoms with E-state index in [1.165, 1.54) is 6.42 Å². The van der Waals surface area contributed by atoms with Crippen LogP contribution in [0.1, 0.15) is 69.7 Å². The number of imide groups is 1. The van der Waals surface area contributed by atoms with Crippen LogP contribution >= 0.6 is 0 Å². The first kappa shape index (κ1) is 22.8. The summed E-state index contributed by atoms with van der Waals surface area (Å²) in [5.41, 5.74) is 6.84. The molecule has 1 spiro atoms. The van der Waals surface area contributed by atoms with Gasteiger partial charge in [0.25, 0.3) is 0 Å². The van der Waals surface area contributed by atoms with Crippen LogP contribution in [0, 0.1) is 5.41 Å². The largest absolute Gasteiger partial charge is 0.493 e. The molecule has 9 nitrogen and oxygen atoms in total. The van der Waals surface area contributed by atoms with Crippen molar-refractivity contribution in [2.45, 2.75) is 69.9 Å². The van der Waals surface area contributed by atoms with Crippen LogP contribution < -0.4 is 20.5 Å². The van der Waals surface area contributed by atoms with Crippen molar-refractivity contribution in [3.63, 3.8) is 0 Å². The molecule has 2 aliphatic heterocycles. The molecule has 3 heterocycles. The van der Waals surface area contributed by atoms with Crippen molar-refractivity contribution in [2.24, 2.45) is 5.41 Å². The summed E-state index contributed by atoms with van der Waals surface area (Å²) in [5.74, 6) is 2.01. The Morgan fingerprint density at radius 3 is 2.38 bits per heavy atom. The number of hydrogen-bond donors (Lipinski definition) is 2. The second-order valence-corrected chi connectivity index (χ2v) is 9.95. The molecule has 1 aliphatic carbocycles. The number of nitrogens with zero attached hydrogens (tertiary/aromatic N) is 3. The lowest BCUT2D eigenvalue weighted by atomic mass is 9.67. The summed E-state index contributed by atoms with van der Waals surface area (Å²) in [4.78, 5) is 37.2. The zero-order valence-electron chi connectivity index (χ0n) is 19.9. The SMILES string of the molecule is COc1cc2nc(C3CC(N4C(=O)CC5(CCCCC5)CC4=O)CCN3)nc(N)c2cc1OC. The first-order valence-electron chi connectivity index (χ1n) is 12.2. The maximum Gasteiger partial charge on any atom is 0.230 e. The summed E-state index contributed by atoms with van der Waals surface area (Å²) in [6.07, 6.45) is 7.72. The van der Waals surface area contributed by atoms with Crippen molar-refractivity contribution in [3.05, 3.63) is 18.0 Å². The number of anilines is 1. The average molecular weight is 468 g/mol. The van der Waals surface area contributed by atoms with Gasteiger partial charge < -0.3 is 20.5 Å². The maximum atomic E-state index is 13.2. The molecule has 5 rings (SSSR count). The van der Waals surface area contributed by atoms with Crippen LogP contribution in [0.2, 0.25) is 0 Å². The number of carbonyl (C=O) groups excluding carboxylic acids is 2. The molecule has 9 heteroatoms. The molecule has 0 bridgehead atoms. The number of methoxy groups -OCH3 is 2. The van der Waals surface area contributed by atoms with Gasteiger partial charge in [-0.05, 0) is 43.7 Å². The van der Waals surface area contributed by atoms with Gasteiger partial charge >= 0.3 is 0 Å². The molecule has 1 aromatic carbocycles. The van der Waals surface area contributed by atoms with E-state index in [0.717, 1.165) is 32.1 Å². The summed E-state index contributed by atoms with van der Waals surface area (Å²) in [6, 6.07) is 3.20. The lowest BCUT2D eigenvalue weighted by molar-refractivity contribution is -0.158. The Bertz CT molecular complexity index is 1090. The van der Waals surface area contributed by atoms with Crippen LogP contribution in [-0.2, 0) is 9.59 Å². The second-order valence-electron chi connectivity index (χ2n) is 9.95. The number of nitrogens with two attached hydrogens (primary N) is 1. The third-order valence-electron chi connectivity index (χ3n) is 7.80. The van der Waals surface area contributed by atoms with E-state index in [4.69, 9.17) is 20.2 Å². The molecule has 2 aromatic rings. The van der Waals surface area contributed by atoms with E-state index in [2.05, 4.69) is 10.3 Å². The van der Waals surface area contributed by atoms with Gasteiger partial charge in [-0.25, -0.2) is 9.97 Å². The molecule has 3 fully saturated rings. The van der Waals surface area contributed by atoms with Crippen LogP contribution in [0.25, 0.3) is 10.9 Å². The summed E-state index contributed by atoms with van der Waals surface area (Å²) in [5, 5.41) is 4.14. The molecule has 1 aromatic heterocycles. The normalized spacial score (nSPS) is 25.1. The number of nitrogen functional groups attached to an aromatic ring is 1. The van der Waals surface area contributed by atoms with Gasteiger partial charge in [0.05, 0.1) is 25.8 Å². The fraction of sp³-hybridized carbons (Fsp3) is 0.600. The van der Waals surface area contributed by atoms with E-state index in [9.17, 15) is 9.59 Å².